The zero-order valence-electron chi connectivity index (χ0n) is 13.8. The summed E-state index contributed by atoms with van der Waals surface area (Å²) < 4.78 is 34.2. The highest BCUT2D eigenvalue weighted by Gasteiger charge is 2.33. The number of ether oxygens (including phenoxy) is 1. The average Bonchev–Trinajstić information content (AvgIpc) is 2.59. The number of alkyl halides is 2. The lowest BCUT2D eigenvalue weighted by atomic mass is 10.2. The van der Waals surface area contributed by atoms with Crippen molar-refractivity contribution >= 4 is 11.8 Å². The van der Waals surface area contributed by atoms with Gasteiger partial charge < -0.3 is 10.1 Å². The Bertz CT molecular complexity index is 794. The first-order valence-corrected chi connectivity index (χ1v) is 7.60. The Balaban J connectivity index is 2.18. The minimum atomic E-state index is -3.29. The molecule has 25 heavy (non-hydrogen) atoms. The van der Waals surface area contributed by atoms with E-state index in [1.54, 1.807) is 13.8 Å². The van der Waals surface area contributed by atoms with Crippen molar-refractivity contribution in [3.8, 4) is 0 Å². The molecule has 2 aromatic heterocycles. The highest BCUT2D eigenvalue weighted by Crippen LogP contribution is 2.25. The molecular formula is C16H18F2N4O3. The second-order valence-electron chi connectivity index (χ2n) is 5.22. The van der Waals surface area contributed by atoms with E-state index >= 15 is 0 Å². The van der Waals surface area contributed by atoms with Gasteiger partial charge >= 0.3 is 11.9 Å². The highest BCUT2D eigenvalue weighted by molar-refractivity contribution is 5.69. The second kappa shape index (κ2) is 7.82. The first kappa shape index (κ1) is 18.5. The standard InChI is InChI=1S/C16H18F2N4O3/c1-3-25-13(23)9-22-11(2)8-20-14(15(22)24)21-10-16(17,18)12-6-4-5-7-19-12/h4-8H,3,9-10H2,1-2H3,(H,20,21). The normalized spacial score (nSPS) is 11.2. The predicted octanol–water partition coefficient (Wildman–Crippen LogP) is 1.71. The zero-order chi connectivity index (χ0) is 18.4. The van der Waals surface area contributed by atoms with Gasteiger partial charge in [-0.1, -0.05) is 6.07 Å². The minimum absolute atomic E-state index is 0.180. The van der Waals surface area contributed by atoms with Crippen LogP contribution in [0.3, 0.4) is 0 Å². The Labute approximate surface area is 142 Å². The van der Waals surface area contributed by atoms with E-state index < -0.39 is 29.7 Å². The molecule has 0 saturated heterocycles. The average molecular weight is 352 g/mol. The summed E-state index contributed by atoms with van der Waals surface area (Å²) in [4.78, 5) is 31.4. The van der Waals surface area contributed by atoms with Crippen LogP contribution in [-0.2, 0) is 22.0 Å². The molecule has 0 aliphatic carbocycles. The molecule has 0 atom stereocenters. The topological polar surface area (TPSA) is 86.1 Å². The Morgan fingerprint density at radius 3 is 2.76 bits per heavy atom. The fraction of sp³-hybridized carbons (Fsp3) is 0.375. The summed E-state index contributed by atoms with van der Waals surface area (Å²) in [6, 6.07) is 4.18. The van der Waals surface area contributed by atoms with Crippen molar-refractivity contribution in [3.63, 3.8) is 0 Å². The molecule has 0 bridgehead atoms. The Hall–Kier alpha value is -2.84. The molecule has 7 nitrogen and oxygen atoms in total. The zero-order valence-corrected chi connectivity index (χ0v) is 13.8. The van der Waals surface area contributed by atoms with E-state index in [1.807, 2.05) is 0 Å². The third kappa shape index (κ3) is 4.59. The van der Waals surface area contributed by atoms with Gasteiger partial charge in [0.05, 0.1) is 13.2 Å². The van der Waals surface area contributed by atoms with Crippen LogP contribution >= 0.6 is 0 Å². The molecular weight excluding hydrogens is 334 g/mol. The Morgan fingerprint density at radius 1 is 1.36 bits per heavy atom. The van der Waals surface area contributed by atoms with E-state index in [0.29, 0.717) is 5.69 Å². The molecule has 0 spiro atoms. The fourth-order valence-electron chi connectivity index (χ4n) is 2.09. The van der Waals surface area contributed by atoms with Crippen molar-refractivity contribution in [3.05, 3.63) is 52.3 Å². The van der Waals surface area contributed by atoms with Crippen molar-refractivity contribution in [1.29, 1.82) is 0 Å². The van der Waals surface area contributed by atoms with Gasteiger partial charge in [-0.05, 0) is 26.0 Å². The van der Waals surface area contributed by atoms with Gasteiger partial charge in [0.1, 0.15) is 12.2 Å². The third-order valence-electron chi connectivity index (χ3n) is 3.36. The molecule has 0 unspecified atom stereocenters. The quantitative estimate of drug-likeness (QED) is 0.764. The number of halogens is 2. The molecule has 0 amide bonds. The number of pyridine rings is 1. The number of aryl methyl sites for hydroxylation is 1. The van der Waals surface area contributed by atoms with Crippen LogP contribution < -0.4 is 10.9 Å². The minimum Gasteiger partial charge on any atom is -0.465 e. The first-order valence-electron chi connectivity index (χ1n) is 7.60. The van der Waals surface area contributed by atoms with Crippen LogP contribution in [0.5, 0.6) is 0 Å². The largest absolute Gasteiger partial charge is 0.465 e. The molecule has 2 aromatic rings. The number of carbonyl (C=O) groups is 1. The number of anilines is 1. The molecule has 2 rings (SSSR count). The molecule has 0 radical (unpaired) electrons. The van der Waals surface area contributed by atoms with Crippen LogP contribution in [-0.4, -0.2) is 33.7 Å². The summed E-state index contributed by atoms with van der Waals surface area (Å²) in [6.45, 7) is 2.24. The molecule has 0 aliphatic rings. The molecule has 9 heteroatoms. The number of aromatic nitrogens is 3. The maximum absolute atomic E-state index is 14.1. The van der Waals surface area contributed by atoms with Crippen molar-refractivity contribution in [1.82, 2.24) is 14.5 Å². The first-order chi connectivity index (χ1) is 11.8. The lowest BCUT2D eigenvalue weighted by molar-refractivity contribution is -0.143. The molecule has 0 saturated carbocycles. The summed E-state index contributed by atoms with van der Waals surface area (Å²) in [6.07, 6.45) is 2.58. The Kier molecular flexibility index (Phi) is 5.79. The lowest BCUT2D eigenvalue weighted by Crippen LogP contribution is -2.33. The van der Waals surface area contributed by atoms with E-state index in [-0.39, 0.29) is 19.0 Å². The number of carbonyl (C=O) groups excluding carboxylic acids is 1. The molecule has 134 valence electrons. The number of nitrogens with one attached hydrogen (secondary N) is 1. The maximum Gasteiger partial charge on any atom is 0.326 e. The van der Waals surface area contributed by atoms with Crippen molar-refractivity contribution in [2.45, 2.75) is 26.3 Å². The van der Waals surface area contributed by atoms with Gasteiger partial charge in [0.25, 0.3) is 5.56 Å². The van der Waals surface area contributed by atoms with Gasteiger partial charge in [-0.2, -0.15) is 8.78 Å². The molecule has 0 aliphatic heterocycles. The van der Waals surface area contributed by atoms with Crippen LogP contribution in [0.25, 0.3) is 0 Å². The summed E-state index contributed by atoms with van der Waals surface area (Å²) in [5.41, 5.74) is -0.675. The van der Waals surface area contributed by atoms with Crippen LogP contribution in [0.15, 0.2) is 35.4 Å². The monoisotopic (exact) mass is 352 g/mol. The summed E-state index contributed by atoms with van der Waals surface area (Å²) in [5, 5.41) is 2.34. The van der Waals surface area contributed by atoms with E-state index in [1.165, 1.54) is 30.6 Å². The van der Waals surface area contributed by atoms with E-state index in [2.05, 4.69) is 15.3 Å². The maximum atomic E-state index is 14.1. The van der Waals surface area contributed by atoms with Crippen molar-refractivity contribution in [2.75, 3.05) is 18.5 Å². The van der Waals surface area contributed by atoms with Crippen molar-refractivity contribution in [2.24, 2.45) is 0 Å². The predicted molar refractivity (Wildman–Crippen MR) is 86.5 cm³/mol. The molecule has 2 heterocycles. The third-order valence-corrected chi connectivity index (χ3v) is 3.36. The number of rotatable bonds is 7. The van der Waals surface area contributed by atoms with Crippen molar-refractivity contribution < 1.29 is 18.3 Å². The summed E-state index contributed by atoms with van der Waals surface area (Å²) >= 11 is 0. The summed E-state index contributed by atoms with van der Waals surface area (Å²) in [7, 11) is 0. The summed E-state index contributed by atoms with van der Waals surface area (Å²) in [5.74, 6) is -4.15. The van der Waals surface area contributed by atoms with E-state index in [4.69, 9.17) is 4.74 Å². The fourth-order valence-corrected chi connectivity index (χ4v) is 2.09. The van der Waals surface area contributed by atoms with Crippen LogP contribution in [0.1, 0.15) is 18.3 Å². The second-order valence-corrected chi connectivity index (χ2v) is 5.22. The Morgan fingerprint density at radius 2 is 2.12 bits per heavy atom. The molecule has 1 N–H and O–H groups in total. The van der Waals surface area contributed by atoms with E-state index in [9.17, 15) is 18.4 Å². The van der Waals surface area contributed by atoms with Crippen LogP contribution in [0, 0.1) is 6.92 Å². The number of nitrogens with zero attached hydrogens (tertiary/aromatic N) is 3. The van der Waals surface area contributed by atoms with Gasteiger partial charge in [-0.3, -0.25) is 19.1 Å². The van der Waals surface area contributed by atoms with Gasteiger partial charge in [0.15, 0.2) is 5.82 Å². The highest BCUT2D eigenvalue weighted by atomic mass is 19.3. The number of hydrogen-bond acceptors (Lipinski definition) is 6. The lowest BCUT2D eigenvalue weighted by Gasteiger charge is -2.17. The van der Waals surface area contributed by atoms with Crippen LogP contribution in [0.4, 0.5) is 14.6 Å². The van der Waals surface area contributed by atoms with Gasteiger partial charge in [-0.25, -0.2) is 4.98 Å². The molecule has 0 aromatic carbocycles. The van der Waals surface area contributed by atoms with E-state index in [0.717, 1.165) is 4.57 Å². The number of esters is 1. The smallest absolute Gasteiger partial charge is 0.326 e. The van der Waals surface area contributed by atoms with Crippen LogP contribution in [0.2, 0.25) is 0 Å². The van der Waals surface area contributed by atoms with Gasteiger partial charge in [0.2, 0.25) is 0 Å². The number of hydrogen-bond donors (Lipinski definition) is 1. The van der Waals surface area contributed by atoms with Gasteiger partial charge in [0, 0.05) is 18.1 Å². The van der Waals surface area contributed by atoms with Gasteiger partial charge in [-0.15, -0.1) is 0 Å². The molecule has 0 fully saturated rings. The SMILES string of the molecule is CCOC(=O)Cn1c(C)cnc(NCC(F)(F)c2ccccn2)c1=O.